The van der Waals surface area contributed by atoms with Crippen LogP contribution in [-0.4, -0.2) is 27.8 Å². The number of nitrogens with two attached hydrogens (primary N) is 1. The zero-order valence-electron chi connectivity index (χ0n) is 10.2. The van der Waals surface area contributed by atoms with Gasteiger partial charge in [0.05, 0.1) is 7.11 Å². The van der Waals surface area contributed by atoms with Gasteiger partial charge in [-0.15, -0.1) is 10.2 Å². The number of methoxy groups -OCH3 is 1. The van der Waals surface area contributed by atoms with Crippen molar-refractivity contribution in [2.24, 2.45) is 0 Å². The van der Waals surface area contributed by atoms with Crippen molar-refractivity contribution in [1.29, 1.82) is 0 Å². The molecule has 1 aromatic carbocycles. The summed E-state index contributed by atoms with van der Waals surface area (Å²) in [6.07, 6.45) is -4.83. The van der Waals surface area contributed by atoms with Gasteiger partial charge < -0.3 is 10.5 Å². The molecule has 106 valence electrons. The zero-order valence-corrected chi connectivity index (χ0v) is 10.2. The third-order valence-electron chi connectivity index (χ3n) is 2.48. The molecule has 0 spiro atoms. The van der Waals surface area contributed by atoms with Crippen molar-refractivity contribution < 1.29 is 22.7 Å². The van der Waals surface area contributed by atoms with E-state index in [-0.39, 0.29) is 10.1 Å². The molecule has 2 aromatic rings. The largest absolute Gasteiger partial charge is 0.497 e. The number of carbonyl (C=O) groups is 1. The van der Waals surface area contributed by atoms with E-state index in [1.54, 1.807) is 0 Å². The van der Waals surface area contributed by atoms with Gasteiger partial charge in [-0.2, -0.15) is 13.2 Å². The van der Waals surface area contributed by atoms with Crippen molar-refractivity contribution in [2.45, 2.75) is 6.18 Å². The third kappa shape index (κ3) is 2.42. The first-order valence-electron chi connectivity index (χ1n) is 5.31. The summed E-state index contributed by atoms with van der Waals surface area (Å²) < 4.78 is 43.2. The first-order valence-corrected chi connectivity index (χ1v) is 5.31. The predicted octanol–water partition coefficient (Wildman–Crippen LogP) is 1.58. The Kier molecular flexibility index (Phi) is 3.35. The molecule has 1 heterocycles. The lowest BCUT2D eigenvalue weighted by molar-refractivity contribution is -0.146. The topological polar surface area (TPSA) is 83.0 Å². The van der Waals surface area contributed by atoms with Gasteiger partial charge >= 0.3 is 6.18 Å². The van der Waals surface area contributed by atoms with E-state index in [2.05, 4.69) is 10.2 Å². The lowest BCUT2D eigenvalue weighted by Crippen LogP contribution is -2.22. The van der Waals surface area contributed by atoms with E-state index in [1.807, 2.05) is 0 Å². The van der Waals surface area contributed by atoms with Crippen LogP contribution >= 0.6 is 0 Å². The number of benzene rings is 1. The quantitative estimate of drug-likeness (QED) is 0.906. The van der Waals surface area contributed by atoms with E-state index in [9.17, 15) is 18.0 Å². The van der Waals surface area contributed by atoms with Crippen LogP contribution in [0.5, 0.6) is 5.75 Å². The average Bonchev–Trinajstić information content (AvgIpc) is 2.80. The van der Waals surface area contributed by atoms with Crippen LogP contribution in [-0.2, 0) is 6.18 Å². The SMILES string of the molecule is COc1ccc(C(=O)n2c(N)nnc2C(F)(F)F)cc1. The maximum Gasteiger partial charge on any atom is 0.452 e. The molecule has 0 aliphatic rings. The molecule has 0 fully saturated rings. The molecule has 0 bridgehead atoms. The molecule has 0 atom stereocenters. The number of ether oxygens (including phenoxy) is 1. The zero-order chi connectivity index (χ0) is 14.9. The standard InChI is InChI=1S/C11H9F3N4O2/c1-20-7-4-2-6(3-5-7)8(19)18-9(11(12,13)14)16-17-10(18)15/h2-5H,1H3,(H2,15,17). The normalized spacial score (nSPS) is 11.4. The number of anilines is 1. The van der Waals surface area contributed by atoms with Gasteiger partial charge in [0.1, 0.15) is 5.75 Å². The number of hydrogen-bond acceptors (Lipinski definition) is 5. The molecule has 9 heteroatoms. The highest BCUT2D eigenvalue weighted by Gasteiger charge is 2.40. The summed E-state index contributed by atoms with van der Waals surface area (Å²) in [7, 11) is 1.43. The fourth-order valence-electron chi connectivity index (χ4n) is 1.54. The Labute approximate surface area is 111 Å². The number of alkyl halides is 3. The molecule has 1 aromatic heterocycles. The van der Waals surface area contributed by atoms with Gasteiger partial charge in [0, 0.05) is 5.56 Å². The van der Waals surface area contributed by atoms with Gasteiger partial charge in [0.2, 0.25) is 11.8 Å². The van der Waals surface area contributed by atoms with E-state index in [1.165, 1.54) is 31.4 Å². The molecular weight excluding hydrogens is 277 g/mol. The Bertz CT molecular complexity index is 634. The van der Waals surface area contributed by atoms with Gasteiger partial charge in [0.25, 0.3) is 5.91 Å². The second-order valence-electron chi connectivity index (χ2n) is 3.75. The predicted molar refractivity (Wildman–Crippen MR) is 62.2 cm³/mol. The Hall–Kier alpha value is -2.58. The highest BCUT2D eigenvalue weighted by molar-refractivity contribution is 5.97. The van der Waals surface area contributed by atoms with Gasteiger partial charge in [-0.25, -0.2) is 4.57 Å². The van der Waals surface area contributed by atoms with E-state index in [4.69, 9.17) is 10.5 Å². The van der Waals surface area contributed by atoms with E-state index < -0.39 is 23.9 Å². The highest BCUT2D eigenvalue weighted by Crippen LogP contribution is 2.29. The first kappa shape index (κ1) is 13.8. The fraction of sp³-hybridized carbons (Fsp3) is 0.182. The minimum absolute atomic E-state index is 0.00259. The molecule has 0 amide bonds. The number of nitrogen functional groups attached to an aromatic ring is 1. The number of halogens is 3. The van der Waals surface area contributed by atoms with Crippen LogP contribution < -0.4 is 10.5 Å². The lowest BCUT2D eigenvalue weighted by Gasteiger charge is -2.09. The van der Waals surface area contributed by atoms with Crippen molar-refractivity contribution in [3.8, 4) is 5.75 Å². The molecule has 0 saturated heterocycles. The van der Waals surface area contributed by atoms with Crippen LogP contribution in [0.3, 0.4) is 0 Å². The lowest BCUT2D eigenvalue weighted by atomic mass is 10.2. The van der Waals surface area contributed by atoms with E-state index >= 15 is 0 Å². The molecule has 0 aliphatic heterocycles. The second kappa shape index (κ2) is 4.83. The van der Waals surface area contributed by atoms with Crippen LogP contribution in [0.2, 0.25) is 0 Å². The summed E-state index contributed by atoms with van der Waals surface area (Å²) in [5.74, 6) is -2.59. The van der Waals surface area contributed by atoms with Gasteiger partial charge in [-0.05, 0) is 24.3 Å². The number of aromatic nitrogens is 3. The average molecular weight is 286 g/mol. The van der Waals surface area contributed by atoms with Crippen LogP contribution in [0.4, 0.5) is 19.1 Å². The van der Waals surface area contributed by atoms with Gasteiger partial charge in [0.15, 0.2) is 0 Å². The van der Waals surface area contributed by atoms with Crippen molar-refractivity contribution >= 4 is 11.9 Å². The number of nitrogens with zero attached hydrogens (tertiary/aromatic N) is 3. The van der Waals surface area contributed by atoms with Gasteiger partial charge in [-0.3, -0.25) is 4.79 Å². The van der Waals surface area contributed by atoms with Crippen molar-refractivity contribution in [3.05, 3.63) is 35.7 Å². The fourth-order valence-corrected chi connectivity index (χ4v) is 1.54. The third-order valence-corrected chi connectivity index (χ3v) is 2.48. The summed E-state index contributed by atoms with van der Waals surface area (Å²) in [6, 6.07) is 5.53. The molecule has 0 aliphatic carbocycles. The van der Waals surface area contributed by atoms with Crippen LogP contribution in [0.25, 0.3) is 0 Å². The Balaban J connectivity index is 2.45. The van der Waals surface area contributed by atoms with E-state index in [0.29, 0.717) is 5.75 Å². The highest BCUT2D eigenvalue weighted by atomic mass is 19.4. The molecular formula is C11H9F3N4O2. The summed E-state index contributed by atoms with van der Waals surface area (Å²) in [5, 5.41) is 5.97. The molecule has 20 heavy (non-hydrogen) atoms. The smallest absolute Gasteiger partial charge is 0.452 e. The van der Waals surface area contributed by atoms with Crippen LogP contribution in [0, 0.1) is 0 Å². The van der Waals surface area contributed by atoms with E-state index in [0.717, 1.165) is 0 Å². The molecule has 2 N–H and O–H groups in total. The molecule has 0 radical (unpaired) electrons. The van der Waals surface area contributed by atoms with Crippen molar-refractivity contribution in [3.63, 3.8) is 0 Å². The number of carbonyl (C=O) groups excluding carboxylic acids is 1. The Morgan fingerprint density at radius 1 is 1.25 bits per heavy atom. The minimum Gasteiger partial charge on any atom is -0.497 e. The summed E-state index contributed by atoms with van der Waals surface area (Å²) in [5.41, 5.74) is 5.28. The monoisotopic (exact) mass is 286 g/mol. The van der Waals surface area contributed by atoms with Crippen LogP contribution in [0.1, 0.15) is 16.2 Å². The Morgan fingerprint density at radius 2 is 1.85 bits per heavy atom. The Morgan fingerprint density at radius 3 is 2.35 bits per heavy atom. The maximum absolute atomic E-state index is 12.7. The molecule has 6 nitrogen and oxygen atoms in total. The molecule has 0 unspecified atom stereocenters. The van der Waals surface area contributed by atoms with Crippen molar-refractivity contribution in [2.75, 3.05) is 12.8 Å². The van der Waals surface area contributed by atoms with Crippen LogP contribution in [0.15, 0.2) is 24.3 Å². The summed E-state index contributed by atoms with van der Waals surface area (Å²) in [6.45, 7) is 0. The summed E-state index contributed by atoms with van der Waals surface area (Å²) >= 11 is 0. The second-order valence-corrected chi connectivity index (χ2v) is 3.75. The molecule has 0 saturated carbocycles. The first-order chi connectivity index (χ1) is 9.34. The van der Waals surface area contributed by atoms with Crippen molar-refractivity contribution in [1.82, 2.24) is 14.8 Å². The minimum atomic E-state index is -4.83. The molecule has 2 rings (SSSR count). The summed E-state index contributed by atoms with van der Waals surface area (Å²) in [4.78, 5) is 12.1. The number of hydrogen-bond donors (Lipinski definition) is 1. The van der Waals surface area contributed by atoms with Gasteiger partial charge in [-0.1, -0.05) is 0 Å². The maximum atomic E-state index is 12.7. The number of rotatable bonds is 2.